The van der Waals surface area contributed by atoms with Crippen LogP contribution in [-0.2, 0) is 16.8 Å². The summed E-state index contributed by atoms with van der Waals surface area (Å²) in [4.78, 5) is 4.43. The number of nitrogen functional groups attached to an aromatic ring is 1. The SMILES string of the molecule is Nc1cc(CS(=O)O)cc(N2CCN(CCO)CC2)c1. The van der Waals surface area contributed by atoms with Gasteiger partial charge in [-0.15, -0.1) is 0 Å². The molecule has 6 nitrogen and oxygen atoms in total. The van der Waals surface area contributed by atoms with Gasteiger partial charge in [-0.2, -0.15) is 0 Å². The van der Waals surface area contributed by atoms with Gasteiger partial charge in [0.1, 0.15) is 0 Å². The van der Waals surface area contributed by atoms with Crippen molar-refractivity contribution in [2.75, 3.05) is 50.0 Å². The summed E-state index contributed by atoms with van der Waals surface area (Å²) in [5.41, 5.74) is 8.25. The molecule has 0 radical (unpaired) electrons. The molecular formula is C13H21N3O3S. The molecule has 1 aromatic carbocycles. The van der Waals surface area contributed by atoms with Crippen LogP contribution in [0.4, 0.5) is 11.4 Å². The van der Waals surface area contributed by atoms with Crippen molar-refractivity contribution in [3.63, 3.8) is 0 Å². The van der Waals surface area contributed by atoms with Gasteiger partial charge in [0.25, 0.3) is 0 Å². The van der Waals surface area contributed by atoms with Gasteiger partial charge in [-0.3, -0.25) is 4.90 Å². The van der Waals surface area contributed by atoms with E-state index in [1.54, 1.807) is 6.07 Å². The maximum atomic E-state index is 10.9. The lowest BCUT2D eigenvalue weighted by atomic mass is 10.1. The largest absolute Gasteiger partial charge is 0.399 e. The zero-order valence-electron chi connectivity index (χ0n) is 11.4. The number of aliphatic hydroxyl groups excluding tert-OH is 1. The highest BCUT2D eigenvalue weighted by atomic mass is 32.2. The third kappa shape index (κ3) is 4.17. The van der Waals surface area contributed by atoms with Crippen LogP contribution in [0.2, 0.25) is 0 Å². The summed E-state index contributed by atoms with van der Waals surface area (Å²) in [6.07, 6.45) is 0. The summed E-state index contributed by atoms with van der Waals surface area (Å²) in [5.74, 6) is 0.0997. The molecule has 1 saturated heterocycles. The Labute approximate surface area is 121 Å². The topological polar surface area (TPSA) is 90.0 Å². The minimum Gasteiger partial charge on any atom is -0.399 e. The number of rotatable bonds is 5. The number of benzene rings is 1. The Balaban J connectivity index is 2.05. The van der Waals surface area contributed by atoms with E-state index in [1.165, 1.54) is 0 Å². The standard InChI is InChI=1S/C13H21N3O3S/c14-12-7-11(10-20(18)19)8-13(9-12)16-3-1-15(2-4-16)5-6-17/h7-9,17H,1-6,10,14H2,(H,18,19). The average molecular weight is 299 g/mol. The highest BCUT2D eigenvalue weighted by molar-refractivity contribution is 7.78. The Morgan fingerprint density at radius 2 is 1.90 bits per heavy atom. The first-order valence-corrected chi connectivity index (χ1v) is 7.91. The molecule has 1 aromatic rings. The Morgan fingerprint density at radius 3 is 2.50 bits per heavy atom. The molecule has 1 aliphatic rings. The molecule has 0 saturated carbocycles. The summed E-state index contributed by atoms with van der Waals surface area (Å²) >= 11 is -1.86. The molecule has 0 aromatic heterocycles. The number of aliphatic hydroxyl groups is 1. The highest BCUT2D eigenvalue weighted by Gasteiger charge is 2.17. The zero-order chi connectivity index (χ0) is 14.5. The first-order chi connectivity index (χ1) is 9.58. The van der Waals surface area contributed by atoms with Crippen LogP contribution in [0.5, 0.6) is 0 Å². The van der Waals surface area contributed by atoms with Gasteiger partial charge in [-0.25, -0.2) is 4.21 Å². The molecule has 0 aliphatic carbocycles. The molecule has 4 N–H and O–H groups in total. The molecule has 1 aliphatic heterocycles. The molecule has 20 heavy (non-hydrogen) atoms. The van der Waals surface area contributed by atoms with Gasteiger partial charge in [0, 0.05) is 44.1 Å². The van der Waals surface area contributed by atoms with E-state index in [0.717, 1.165) is 37.4 Å². The minimum atomic E-state index is -1.86. The van der Waals surface area contributed by atoms with Gasteiger partial charge in [0.05, 0.1) is 12.4 Å². The molecule has 1 heterocycles. The molecular weight excluding hydrogens is 278 g/mol. The van der Waals surface area contributed by atoms with Gasteiger partial charge in [0.15, 0.2) is 11.1 Å². The summed E-state index contributed by atoms with van der Waals surface area (Å²) in [7, 11) is 0. The lowest BCUT2D eigenvalue weighted by Crippen LogP contribution is -2.47. The molecule has 0 amide bonds. The van der Waals surface area contributed by atoms with Crippen molar-refractivity contribution in [3.8, 4) is 0 Å². The molecule has 7 heteroatoms. The van der Waals surface area contributed by atoms with Crippen molar-refractivity contribution < 1.29 is 13.9 Å². The van der Waals surface area contributed by atoms with Gasteiger partial charge < -0.3 is 20.3 Å². The number of β-amino-alcohol motifs (C(OH)–C–C–N with tert-alkyl or cyclic N) is 1. The molecule has 1 fully saturated rings. The number of nitrogens with two attached hydrogens (primary N) is 1. The monoisotopic (exact) mass is 299 g/mol. The number of hydrogen-bond donors (Lipinski definition) is 3. The van der Waals surface area contributed by atoms with Gasteiger partial charge >= 0.3 is 0 Å². The second kappa shape index (κ2) is 7.03. The predicted molar refractivity (Wildman–Crippen MR) is 81.1 cm³/mol. The van der Waals surface area contributed by atoms with Crippen molar-refractivity contribution in [1.29, 1.82) is 0 Å². The normalized spacial score (nSPS) is 18.2. The molecule has 0 spiro atoms. The van der Waals surface area contributed by atoms with E-state index < -0.39 is 11.1 Å². The first kappa shape index (κ1) is 15.2. The summed E-state index contributed by atoms with van der Waals surface area (Å²) in [5, 5.41) is 8.93. The predicted octanol–water partition coefficient (Wildman–Crippen LogP) is 0.105. The van der Waals surface area contributed by atoms with Crippen LogP contribution in [0.25, 0.3) is 0 Å². The fourth-order valence-electron chi connectivity index (χ4n) is 2.48. The minimum absolute atomic E-state index is 0.0997. The van der Waals surface area contributed by atoms with E-state index in [0.29, 0.717) is 12.2 Å². The Kier molecular flexibility index (Phi) is 5.36. The molecule has 1 unspecified atom stereocenters. The van der Waals surface area contributed by atoms with E-state index in [2.05, 4.69) is 9.80 Å². The summed E-state index contributed by atoms with van der Waals surface area (Å²) < 4.78 is 19.9. The van der Waals surface area contributed by atoms with Gasteiger partial charge in [0.2, 0.25) is 0 Å². The maximum absolute atomic E-state index is 10.9. The summed E-state index contributed by atoms with van der Waals surface area (Å²) in [6.45, 7) is 4.42. The Morgan fingerprint density at radius 1 is 1.20 bits per heavy atom. The Bertz CT molecular complexity index is 476. The van der Waals surface area contributed by atoms with Gasteiger partial charge in [-0.1, -0.05) is 0 Å². The van der Waals surface area contributed by atoms with Crippen LogP contribution in [0, 0.1) is 0 Å². The lowest BCUT2D eigenvalue weighted by Gasteiger charge is -2.36. The van der Waals surface area contributed by atoms with Crippen LogP contribution < -0.4 is 10.6 Å². The van der Waals surface area contributed by atoms with Crippen LogP contribution >= 0.6 is 0 Å². The second-order valence-corrected chi connectivity index (χ2v) is 5.88. The molecule has 2 rings (SSSR count). The van der Waals surface area contributed by atoms with Crippen molar-refractivity contribution in [3.05, 3.63) is 23.8 Å². The fraction of sp³-hybridized carbons (Fsp3) is 0.538. The number of hydrogen-bond acceptors (Lipinski definition) is 5. The molecule has 1 atom stereocenters. The van der Waals surface area contributed by atoms with Crippen LogP contribution in [0.15, 0.2) is 18.2 Å². The van der Waals surface area contributed by atoms with Crippen molar-refractivity contribution in [1.82, 2.24) is 4.90 Å². The van der Waals surface area contributed by atoms with Gasteiger partial charge in [-0.05, 0) is 23.8 Å². The molecule has 0 bridgehead atoms. The number of piperazine rings is 1. The van der Waals surface area contributed by atoms with Crippen molar-refractivity contribution in [2.24, 2.45) is 0 Å². The smallest absolute Gasteiger partial charge is 0.157 e. The maximum Gasteiger partial charge on any atom is 0.157 e. The average Bonchev–Trinajstić information content (AvgIpc) is 2.38. The quantitative estimate of drug-likeness (QED) is 0.528. The number of nitrogens with zero attached hydrogens (tertiary/aromatic N) is 2. The van der Waals surface area contributed by atoms with E-state index in [1.807, 2.05) is 12.1 Å². The zero-order valence-corrected chi connectivity index (χ0v) is 12.2. The highest BCUT2D eigenvalue weighted by Crippen LogP contribution is 2.22. The van der Waals surface area contributed by atoms with Crippen LogP contribution in [-0.4, -0.2) is 58.1 Å². The Hall–Kier alpha value is -1.15. The van der Waals surface area contributed by atoms with E-state index in [4.69, 9.17) is 15.4 Å². The first-order valence-electron chi connectivity index (χ1n) is 6.63. The van der Waals surface area contributed by atoms with E-state index >= 15 is 0 Å². The van der Waals surface area contributed by atoms with Crippen LogP contribution in [0.1, 0.15) is 5.56 Å². The van der Waals surface area contributed by atoms with Crippen molar-refractivity contribution >= 4 is 22.5 Å². The third-order valence-corrected chi connectivity index (χ3v) is 4.02. The summed E-state index contributed by atoms with van der Waals surface area (Å²) in [6, 6.07) is 5.55. The van der Waals surface area contributed by atoms with E-state index in [9.17, 15) is 4.21 Å². The lowest BCUT2D eigenvalue weighted by molar-refractivity contribution is 0.189. The third-order valence-electron chi connectivity index (χ3n) is 3.44. The van der Waals surface area contributed by atoms with Crippen LogP contribution in [0.3, 0.4) is 0 Å². The second-order valence-electron chi connectivity index (χ2n) is 4.95. The van der Waals surface area contributed by atoms with E-state index in [-0.39, 0.29) is 12.4 Å². The molecule has 112 valence electrons. The number of anilines is 2. The van der Waals surface area contributed by atoms with Crippen molar-refractivity contribution in [2.45, 2.75) is 5.75 Å². The fourth-order valence-corrected chi connectivity index (χ4v) is 2.93.